The first-order valence-electron chi connectivity index (χ1n) is 19.2. The summed E-state index contributed by atoms with van der Waals surface area (Å²) in [6, 6.07) is 76.4. The molecule has 0 unspecified atom stereocenters. The Balaban J connectivity index is 1.01. The van der Waals surface area contributed by atoms with E-state index in [1.54, 1.807) is 0 Å². The van der Waals surface area contributed by atoms with Crippen LogP contribution in [0.4, 0.5) is 17.1 Å². The largest absolute Gasteiger partial charge is 0.455 e. The van der Waals surface area contributed by atoms with Gasteiger partial charge < -0.3 is 9.32 Å². The van der Waals surface area contributed by atoms with Crippen LogP contribution in [0, 0.1) is 0 Å². The summed E-state index contributed by atoms with van der Waals surface area (Å²) in [5.74, 6) is 0. The molecule has 56 heavy (non-hydrogen) atoms. The molecular formula is C54H35NO. The summed E-state index contributed by atoms with van der Waals surface area (Å²) in [6.45, 7) is 0. The lowest BCUT2D eigenvalue weighted by atomic mass is 9.96. The fraction of sp³-hybridized carbons (Fsp3) is 0. The van der Waals surface area contributed by atoms with Crippen LogP contribution >= 0.6 is 0 Å². The molecule has 11 rings (SSSR count). The second-order valence-corrected chi connectivity index (χ2v) is 14.5. The molecule has 11 aromatic rings. The van der Waals surface area contributed by atoms with E-state index in [4.69, 9.17) is 4.42 Å². The van der Waals surface area contributed by atoms with Crippen molar-refractivity contribution in [3.8, 4) is 33.4 Å². The Hall–Kier alpha value is -7.42. The number of rotatable bonds is 6. The molecule has 1 aromatic heterocycles. The molecule has 262 valence electrons. The molecule has 0 radical (unpaired) electrons. The van der Waals surface area contributed by atoms with E-state index in [2.05, 4.69) is 217 Å². The molecule has 2 heteroatoms. The predicted octanol–water partition coefficient (Wildman–Crippen LogP) is 15.5. The van der Waals surface area contributed by atoms with Crippen LogP contribution in [0.15, 0.2) is 217 Å². The highest BCUT2D eigenvalue weighted by molar-refractivity contribution is 6.19. The molecule has 0 bridgehead atoms. The normalized spacial score (nSPS) is 11.6. The topological polar surface area (TPSA) is 16.4 Å². The molecule has 1 heterocycles. The Morgan fingerprint density at radius 3 is 1.68 bits per heavy atom. The molecule has 2 nitrogen and oxygen atoms in total. The Morgan fingerprint density at radius 1 is 0.321 bits per heavy atom. The summed E-state index contributed by atoms with van der Waals surface area (Å²) in [7, 11) is 0. The van der Waals surface area contributed by atoms with E-state index in [-0.39, 0.29) is 0 Å². The Labute approximate surface area is 325 Å². The highest BCUT2D eigenvalue weighted by atomic mass is 16.3. The number of furan rings is 1. The van der Waals surface area contributed by atoms with Gasteiger partial charge in [0.05, 0.1) is 5.69 Å². The van der Waals surface area contributed by atoms with Gasteiger partial charge in [-0.05, 0) is 97.4 Å². The van der Waals surface area contributed by atoms with Crippen LogP contribution in [0.2, 0.25) is 0 Å². The van der Waals surface area contributed by atoms with E-state index in [1.807, 2.05) is 0 Å². The van der Waals surface area contributed by atoms with Gasteiger partial charge in [0.1, 0.15) is 11.2 Å². The minimum absolute atomic E-state index is 0.894. The van der Waals surface area contributed by atoms with Crippen molar-refractivity contribution in [2.24, 2.45) is 0 Å². The maximum atomic E-state index is 6.58. The molecule has 0 atom stereocenters. The first kappa shape index (κ1) is 32.0. The number of fused-ring (bicyclic) bond motifs is 7. The Bertz CT molecular complexity index is 3230. The van der Waals surface area contributed by atoms with Crippen molar-refractivity contribution in [2.75, 3.05) is 4.90 Å². The maximum absolute atomic E-state index is 6.58. The molecule has 0 saturated carbocycles. The minimum Gasteiger partial charge on any atom is -0.455 e. The second kappa shape index (κ2) is 13.2. The van der Waals surface area contributed by atoms with Crippen LogP contribution in [0.25, 0.3) is 87.6 Å². The number of nitrogens with zero attached hydrogens (tertiary/aromatic N) is 1. The first-order chi connectivity index (χ1) is 27.8. The lowest BCUT2D eigenvalue weighted by Gasteiger charge is -2.27. The number of hydrogen-bond acceptors (Lipinski definition) is 2. The molecule has 0 saturated heterocycles. The van der Waals surface area contributed by atoms with Gasteiger partial charge in [-0.3, -0.25) is 0 Å². The SMILES string of the molecule is c1cc(-c2cccc3oc4c5ccccc5ccc4c23)cc(N(c2ccc(-c3ccc(-c4cccc5ccccc45)cc3)cc2)c2cccc3ccccc23)c1. The molecular weight excluding hydrogens is 679 g/mol. The van der Waals surface area contributed by atoms with Gasteiger partial charge in [-0.2, -0.15) is 0 Å². The lowest BCUT2D eigenvalue weighted by Crippen LogP contribution is -2.10. The van der Waals surface area contributed by atoms with Crippen molar-refractivity contribution >= 4 is 71.3 Å². The molecule has 0 aliphatic carbocycles. The summed E-state index contributed by atoms with van der Waals surface area (Å²) in [4.78, 5) is 2.39. The van der Waals surface area contributed by atoms with E-state index in [0.29, 0.717) is 0 Å². The van der Waals surface area contributed by atoms with E-state index >= 15 is 0 Å². The van der Waals surface area contributed by atoms with Crippen LogP contribution in [-0.4, -0.2) is 0 Å². The van der Waals surface area contributed by atoms with E-state index in [9.17, 15) is 0 Å². The molecule has 0 aliphatic rings. The van der Waals surface area contributed by atoms with E-state index in [1.165, 1.54) is 49.2 Å². The quantitative estimate of drug-likeness (QED) is 0.171. The van der Waals surface area contributed by atoms with Crippen molar-refractivity contribution in [3.63, 3.8) is 0 Å². The standard InChI is InChI=1S/C54H35NO/c1-4-18-45-38(11-1)14-8-21-46(45)41-27-25-36(26-28-41)37-29-32-43(33-30-37)55(51-23-9-15-39-12-2-5-19-47(39)51)44-17-7-16-42(35-44)48-22-10-24-52-53(48)50-34-31-40-13-3-6-20-49(40)54(50)56-52/h1-35H. The average Bonchev–Trinajstić information content (AvgIpc) is 3.67. The molecule has 0 N–H and O–H groups in total. The molecule has 0 aliphatic heterocycles. The molecule has 0 fully saturated rings. The molecule has 0 spiro atoms. The van der Waals surface area contributed by atoms with Crippen LogP contribution in [-0.2, 0) is 0 Å². The van der Waals surface area contributed by atoms with Crippen molar-refractivity contribution in [2.45, 2.75) is 0 Å². The van der Waals surface area contributed by atoms with Gasteiger partial charge in [-0.25, -0.2) is 0 Å². The molecule has 10 aromatic carbocycles. The summed E-state index contributed by atoms with van der Waals surface area (Å²) >= 11 is 0. The Morgan fingerprint density at radius 2 is 0.893 bits per heavy atom. The lowest BCUT2D eigenvalue weighted by molar-refractivity contribution is 0.673. The van der Waals surface area contributed by atoms with Gasteiger partial charge in [0, 0.05) is 32.9 Å². The van der Waals surface area contributed by atoms with Crippen LogP contribution in [0.3, 0.4) is 0 Å². The number of hydrogen-bond donors (Lipinski definition) is 0. The summed E-state index contributed by atoms with van der Waals surface area (Å²) in [6.07, 6.45) is 0. The van der Waals surface area contributed by atoms with Crippen LogP contribution < -0.4 is 4.90 Å². The summed E-state index contributed by atoms with van der Waals surface area (Å²) in [5, 5.41) is 9.51. The monoisotopic (exact) mass is 713 g/mol. The van der Waals surface area contributed by atoms with Gasteiger partial charge in [0.25, 0.3) is 0 Å². The summed E-state index contributed by atoms with van der Waals surface area (Å²) < 4.78 is 6.58. The fourth-order valence-corrected chi connectivity index (χ4v) is 8.56. The smallest absolute Gasteiger partial charge is 0.143 e. The maximum Gasteiger partial charge on any atom is 0.143 e. The van der Waals surface area contributed by atoms with E-state index in [0.717, 1.165) is 55.5 Å². The van der Waals surface area contributed by atoms with Gasteiger partial charge in [-0.1, -0.05) is 170 Å². The van der Waals surface area contributed by atoms with E-state index < -0.39 is 0 Å². The zero-order valence-electron chi connectivity index (χ0n) is 30.6. The van der Waals surface area contributed by atoms with Crippen molar-refractivity contribution in [1.29, 1.82) is 0 Å². The van der Waals surface area contributed by atoms with Gasteiger partial charge in [0.2, 0.25) is 0 Å². The minimum atomic E-state index is 0.894. The third-order valence-corrected chi connectivity index (χ3v) is 11.3. The van der Waals surface area contributed by atoms with Gasteiger partial charge in [0.15, 0.2) is 0 Å². The third-order valence-electron chi connectivity index (χ3n) is 11.3. The van der Waals surface area contributed by atoms with Gasteiger partial charge in [-0.15, -0.1) is 0 Å². The van der Waals surface area contributed by atoms with Crippen molar-refractivity contribution < 1.29 is 4.42 Å². The third kappa shape index (κ3) is 5.34. The number of anilines is 3. The average molecular weight is 714 g/mol. The highest BCUT2D eigenvalue weighted by Crippen LogP contribution is 2.44. The van der Waals surface area contributed by atoms with Crippen molar-refractivity contribution in [3.05, 3.63) is 212 Å². The van der Waals surface area contributed by atoms with Crippen LogP contribution in [0.5, 0.6) is 0 Å². The fourth-order valence-electron chi connectivity index (χ4n) is 8.56. The summed E-state index contributed by atoms with van der Waals surface area (Å²) in [5.41, 5.74) is 12.3. The number of benzene rings is 10. The zero-order valence-corrected chi connectivity index (χ0v) is 30.6. The zero-order chi connectivity index (χ0) is 37.0. The predicted molar refractivity (Wildman–Crippen MR) is 237 cm³/mol. The highest BCUT2D eigenvalue weighted by Gasteiger charge is 2.19. The van der Waals surface area contributed by atoms with Crippen molar-refractivity contribution in [1.82, 2.24) is 0 Å². The van der Waals surface area contributed by atoms with Crippen LogP contribution in [0.1, 0.15) is 0 Å². The second-order valence-electron chi connectivity index (χ2n) is 14.5. The Kier molecular flexibility index (Phi) is 7.53. The molecule has 0 amide bonds. The van der Waals surface area contributed by atoms with Gasteiger partial charge >= 0.3 is 0 Å². The first-order valence-corrected chi connectivity index (χ1v) is 19.2.